The van der Waals surface area contributed by atoms with Crippen molar-refractivity contribution in [1.82, 2.24) is 24.4 Å². The second kappa shape index (κ2) is 9.71. The van der Waals surface area contributed by atoms with Gasteiger partial charge in [0.05, 0.1) is 38.9 Å². The zero-order chi connectivity index (χ0) is 23.5. The Morgan fingerprint density at radius 2 is 1.79 bits per heavy atom. The Kier molecular flexibility index (Phi) is 6.75. The van der Waals surface area contributed by atoms with E-state index in [0.717, 1.165) is 5.56 Å². The number of rotatable bonds is 7. The first-order valence-corrected chi connectivity index (χ1v) is 11.3. The Morgan fingerprint density at radius 3 is 2.33 bits per heavy atom. The van der Waals surface area contributed by atoms with Crippen molar-refractivity contribution in [3.05, 3.63) is 28.9 Å². The van der Waals surface area contributed by atoms with Crippen LogP contribution in [0.15, 0.2) is 18.5 Å². The van der Waals surface area contributed by atoms with E-state index >= 15 is 0 Å². The molecule has 4 rings (SSSR count). The Bertz CT molecular complexity index is 1100. The van der Waals surface area contributed by atoms with Crippen molar-refractivity contribution >= 4 is 22.4 Å². The van der Waals surface area contributed by atoms with Crippen LogP contribution >= 0.6 is 11.3 Å². The third-order valence-corrected chi connectivity index (χ3v) is 6.68. The number of methoxy groups -OCH3 is 3. The molecule has 178 valence electrons. The van der Waals surface area contributed by atoms with E-state index in [4.69, 9.17) is 18.9 Å². The number of piperazine rings is 1. The molecule has 0 bridgehead atoms. The number of amides is 1. The average molecular weight is 478 g/mol. The van der Waals surface area contributed by atoms with Gasteiger partial charge >= 0.3 is 6.09 Å². The average Bonchev–Trinajstić information content (AvgIpc) is 3.42. The summed E-state index contributed by atoms with van der Waals surface area (Å²) in [6.07, 6.45) is 1.09. The fourth-order valence-corrected chi connectivity index (χ4v) is 5.13. The topological polar surface area (TPSA) is 111 Å². The molecule has 1 saturated heterocycles. The maximum atomic E-state index is 12.2. The molecule has 3 heterocycles. The number of carbonyl (C=O) groups excluding carboxylic acids is 1. The molecule has 1 amide bonds. The maximum absolute atomic E-state index is 12.2. The predicted octanol–water partition coefficient (Wildman–Crippen LogP) is 2.39. The summed E-state index contributed by atoms with van der Waals surface area (Å²) in [5, 5.41) is 15.1. The minimum Gasteiger partial charge on any atom is -0.493 e. The zero-order valence-electron chi connectivity index (χ0n) is 19.0. The highest BCUT2D eigenvalue weighted by atomic mass is 32.1. The van der Waals surface area contributed by atoms with Gasteiger partial charge in [0.1, 0.15) is 6.33 Å². The van der Waals surface area contributed by atoms with E-state index < -0.39 is 0 Å². The molecule has 33 heavy (non-hydrogen) atoms. The fraction of sp³-hybridized carbons (Fsp3) is 0.476. The first-order valence-electron chi connectivity index (χ1n) is 10.5. The zero-order valence-corrected chi connectivity index (χ0v) is 19.8. The second-order valence-electron chi connectivity index (χ2n) is 7.33. The van der Waals surface area contributed by atoms with Gasteiger partial charge in [-0.1, -0.05) is 11.3 Å². The molecule has 0 radical (unpaired) electrons. The molecular formula is C21H27N5O6S. The number of carbonyl (C=O) groups is 1. The highest BCUT2D eigenvalue weighted by Crippen LogP contribution is 2.45. The molecule has 3 aromatic rings. The van der Waals surface area contributed by atoms with Crippen molar-refractivity contribution < 1.29 is 28.8 Å². The van der Waals surface area contributed by atoms with Crippen molar-refractivity contribution in [1.29, 1.82) is 0 Å². The number of fused-ring (bicyclic) bond motifs is 1. The van der Waals surface area contributed by atoms with Crippen molar-refractivity contribution in [3.8, 4) is 23.1 Å². The van der Waals surface area contributed by atoms with E-state index in [2.05, 4.69) is 15.0 Å². The van der Waals surface area contributed by atoms with Crippen LogP contribution in [0.4, 0.5) is 4.79 Å². The summed E-state index contributed by atoms with van der Waals surface area (Å²) in [6, 6.07) is 3.40. The molecule has 12 heteroatoms. The standard InChI is InChI=1S/C21H27N5O6S/c1-5-32-21(28)25-8-6-24(7-9-25)16(18-19(27)26-20(33-18)22-12-23-26)13-10-14(29-2)17(31-4)15(11-13)30-3/h10-12,16,27H,5-9H2,1-4H3/t16-/m1/s1. The van der Waals surface area contributed by atoms with E-state index in [9.17, 15) is 9.90 Å². The molecule has 0 saturated carbocycles. The number of aromatic hydroxyl groups is 1. The minimum atomic E-state index is -0.350. The Balaban J connectivity index is 1.76. The van der Waals surface area contributed by atoms with Crippen LogP contribution in [0.2, 0.25) is 0 Å². The minimum absolute atomic E-state index is 0.0269. The first kappa shape index (κ1) is 22.9. The van der Waals surface area contributed by atoms with Gasteiger partial charge < -0.3 is 29.0 Å². The predicted molar refractivity (Wildman–Crippen MR) is 121 cm³/mol. The monoisotopic (exact) mass is 477 g/mol. The van der Waals surface area contributed by atoms with Gasteiger partial charge in [0, 0.05) is 26.2 Å². The molecule has 1 atom stereocenters. The maximum Gasteiger partial charge on any atom is 0.409 e. The van der Waals surface area contributed by atoms with Crippen LogP contribution in [0.5, 0.6) is 23.1 Å². The van der Waals surface area contributed by atoms with Crippen LogP contribution in [0, 0.1) is 0 Å². The number of benzene rings is 1. The largest absolute Gasteiger partial charge is 0.493 e. The van der Waals surface area contributed by atoms with Crippen LogP contribution in [0.3, 0.4) is 0 Å². The van der Waals surface area contributed by atoms with E-state index in [1.807, 2.05) is 12.1 Å². The third kappa shape index (κ3) is 4.23. The fourth-order valence-electron chi connectivity index (χ4n) is 4.04. The molecule has 1 aliphatic heterocycles. The molecule has 2 aromatic heterocycles. The Morgan fingerprint density at radius 1 is 1.12 bits per heavy atom. The van der Waals surface area contributed by atoms with Crippen molar-refractivity contribution in [2.24, 2.45) is 0 Å². The van der Waals surface area contributed by atoms with Crippen molar-refractivity contribution in [2.45, 2.75) is 13.0 Å². The lowest BCUT2D eigenvalue weighted by Gasteiger charge is -2.38. The first-order chi connectivity index (χ1) is 16.0. The number of hydrogen-bond donors (Lipinski definition) is 1. The smallest absolute Gasteiger partial charge is 0.409 e. The van der Waals surface area contributed by atoms with Crippen LogP contribution in [0.25, 0.3) is 4.96 Å². The second-order valence-corrected chi connectivity index (χ2v) is 8.34. The van der Waals surface area contributed by atoms with E-state index in [-0.39, 0.29) is 18.0 Å². The molecule has 0 aliphatic carbocycles. The van der Waals surface area contributed by atoms with Gasteiger partial charge in [0.2, 0.25) is 16.6 Å². The summed E-state index contributed by atoms with van der Waals surface area (Å²) < 4.78 is 23.2. The lowest BCUT2D eigenvalue weighted by atomic mass is 10.0. The van der Waals surface area contributed by atoms with Gasteiger partial charge in [-0.05, 0) is 24.6 Å². The molecule has 1 N–H and O–H groups in total. The molecule has 0 unspecified atom stereocenters. The Hall–Kier alpha value is -3.25. The highest BCUT2D eigenvalue weighted by Gasteiger charge is 2.34. The summed E-state index contributed by atoms with van der Waals surface area (Å²) in [4.78, 5) is 21.6. The van der Waals surface area contributed by atoms with E-state index in [1.165, 1.54) is 22.2 Å². The number of ether oxygens (including phenoxy) is 4. The van der Waals surface area contributed by atoms with Crippen LogP contribution < -0.4 is 14.2 Å². The van der Waals surface area contributed by atoms with Gasteiger partial charge in [-0.2, -0.15) is 9.61 Å². The molecular weight excluding hydrogens is 450 g/mol. The number of hydrogen-bond acceptors (Lipinski definition) is 10. The molecule has 1 fully saturated rings. The lowest BCUT2D eigenvalue weighted by Crippen LogP contribution is -2.49. The van der Waals surface area contributed by atoms with Crippen molar-refractivity contribution in [3.63, 3.8) is 0 Å². The van der Waals surface area contributed by atoms with Crippen LogP contribution in [0.1, 0.15) is 23.4 Å². The van der Waals surface area contributed by atoms with Gasteiger partial charge in [-0.25, -0.2) is 9.78 Å². The van der Waals surface area contributed by atoms with Crippen LogP contribution in [-0.2, 0) is 4.74 Å². The lowest BCUT2D eigenvalue weighted by molar-refractivity contribution is 0.0715. The van der Waals surface area contributed by atoms with E-state index in [1.54, 1.807) is 33.2 Å². The SMILES string of the molecule is CCOC(=O)N1CCN([C@H](c2cc(OC)c(OC)c(OC)c2)c2sc3ncnn3c2O)CC1. The van der Waals surface area contributed by atoms with Gasteiger partial charge in [-0.3, -0.25) is 4.90 Å². The summed E-state index contributed by atoms with van der Waals surface area (Å²) in [5.41, 5.74) is 0.842. The summed E-state index contributed by atoms with van der Waals surface area (Å²) in [5.74, 6) is 1.54. The van der Waals surface area contributed by atoms with E-state index in [0.29, 0.717) is 59.9 Å². The normalized spacial score (nSPS) is 15.5. The highest BCUT2D eigenvalue weighted by molar-refractivity contribution is 7.17. The number of thiazole rings is 1. The van der Waals surface area contributed by atoms with Crippen molar-refractivity contribution in [2.75, 3.05) is 54.1 Å². The number of nitrogens with zero attached hydrogens (tertiary/aromatic N) is 5. The summed E-state index contributed by atoms with van der Waals surface area (Å²) in [6.45, 7) is 4.28. The molecule has 1 aliphatic rings. The molecule has 1 aromatic carbocycles. The summed E-state index contributed by atoms with van der Waals surface area (Å²) >= 11 is 1.36. The summed E-state index contributed by atoms with van der Waals surface area (Å²) in [7, 11) is 4.68. The molecule has 11 nitrogen and oxygen atoms in total. The van der Waals surface area contributed by atoms with Gasteiger partial charge in [0.15, 0.2) is 11.5 Å². The number of aromatic nitrogens is 3. The Labute approximate surface area is 195 Å². The molecule has 0 spiro atoms. The van der Waals surface area contributed by atoms with Crippen LogP contribution in [-0.4, -0.2) is 89.7 Å². The van der Waals surface area contributed by atoms with Gasteiger partial charge in [-0.15, -0.1) is 0 Å². The van der Waals surface area contributed by atoms with Gasteiger partial charge in [0.25, 0.3) is 0 Å². The quantitative estimate of drug-likeness (QED) is 0.548. The third-order valence-electron chi connectivity index (χ3n) is 5.60.